The molecule has 0 amide bonds. The maximum Gasteiger partial charge on any atom is 0.222 e. The van der Waals surface area contributed by atoms with Crippen molar-refractivity contribution in [2.24, 2.45) is 10.7 Å². The molecule has 3 aliphatic rings. The number of aliphatic imine (C=N–C) groups is 1. The number of fused-ring (bicyclic) bond motifs is 2. The van der Waals surface area contributed by atoms with Gasteiger partial charge in [-0.2, -0.15) is 0 Å². The first kappa shape index (κ1) is 21.0. The van der Waals surface area contributed by atoms with Crippen LogP contribution >= 0.6 is 0 Å². The second-order valence-electron chi connectivity index (χ2n) is 9.12. The van der Waals surface area contributed by atoms with Gasteiger partial charge in [-0.1, -0.05) is 36.4 Å². The summed E-state index contributed by atoms with van der Waals surface area (Å²) in [7, 11) is 1.78. The van der Waals surface area contributed by atoms with Gasteiger partial charge in [0, 0.05) is 20.1 Å². The number of hydrogen-bond donors (Lipinski definition) is 1. The van der Waals surface area contributed by atoms with E-state index in [2.05, 4.69) is 18.2 Å². The Morgan fingerprint density at radius 1 is 0.971 bits per heavy atom. The normalized spacial score (nSPS) is 25.7. The van der Waals surface area contributed by atoms with Gasteiger partial charge in [0.25, 0.3) is 0 Å². The minimum Gasteiger partial charge on any atom is -0.484 e. The molecule has 3 aromatic carbocycles. The van der Waals surface area contributed by atoms with Crippen molar-refractivity contribution >= 4 is 5.96 Å². The van der Waals surface area contributed by atoms with Crippen molar-refractivity contribution in [1.29, 1.82) is 0 Å². The predicted molar refractivity (Wildman–Crippen MR) is 129 cm³/mol. The summed E-state index contributed by atoms with van der Waals surface area (Å²) in [5.41, 5.74) is 7.64. The molecular weight excluding hydrogens is 430 g/mol. The van der Waals surface area contributed by atoms with Crippen LogP contribution in [0.3, 0.4) is 0 Å². The van der Waals surface area contributed by atoms with E-state index in [9.17, 15) is 0 Å². The molecule has 0 radical (unpaired) electrons. The zero-order chi connectivity index (χ0) is 23.2. The summed E-state index contributed by atoms with van der Waals surface area (Å²) in [5.74, 6) is 2.67. The van der Waals surface area contributed by atoms with Gasteiger partial charge in [0.15, 0.2) is 0 Å². The molecule has 34 heavy (non-hydrogen) atoms. The van der Waals surface area contributed by atoms with Crippen LogP contribution in [-0.2, 0) is 15.3 Å². The molecule has 1 fully saturated rings. The fraction of sp³-hybridized carbons (Fsp3) is 0.296. The SMILES string of the molecule is CN1OC2(CC3(CCCOC3)Oc3ccc(-c4cccc(Oc5ccccc5)c4)cc32)N=C1N. The Hall–Kier alpha value is -3.55. The van der Waals surface area contributed by atoms with E-state index in [1.807, 2.05) is 54.6 Å². The van der Waals surface area contributed by atoms with E-state index in [1.54, 1.807) is 7.05 Å². The molecule has 174 valence electrons. The van der Waals surface area contributed by atoms with Crippen LogP contribution in [0.5, 0.6) is 17.2 Å². The lowest BCUT2D eigenvalue weighted by atomic mass is 9.80. The van der Waals surface area contributed by atoms with E-state index >= 15 is 0 Å². The average Bonchev–Trinajstić information content (AvgIpc) is 3.13. The van der Waals surface area contributed by atoms with Gasteiger partial charge in [0.1, 0.15) is 22.8 Å². The highest BCUT2D eigenvalue weighted by Gasteiger charge is 2.55. The molecule has 7 nitrogen and oxygen atoms in total. The summed E-state index contributed by atoms with van der Waals surface area (Å²) in [6.07, 6.45) is 2.36. The zero-order valence-electron chi connectivity index (χ0n) is 19.1. The highest BCUT2D eigenvalue weighted by molar-refractivity contribution is 5.79. The minimum atomic E-state index is -0.943. The summed E-state index contributed by atoms with van der Waals surface area (Å²) in [4.78, 5) is 11.1. The molecule has 0 bridgehead atoms. The number of guanidine groups is 1. The third-order valence-electron chi connectivity index (χ3n) is 6.63. The molecule has 2 spiro atoms. The summed E-state index contributed by atoms with van der Waals surface area (Å²) in [5, 5.41) is 1.54. The molecule has 6 rings (SSSR count). The first-order valence-electron chi connectivity index (χ1n) is 11.6. The largest absolute Gasteiger partial charge is 0.484 e. The molecule has 1 saturated heterocycles. The van der Waals surface area contributed by atoms with Gasteiger partial charge in [-0.3, -0.25) is 0 Å². The molecule has 7 heteroatoms. The Morgan fingerprint density at radius 2 is 1.79 bits per heavy atom. The van der Waals surface area contributed by atoms with Gasteiger partial charge < -0.3 is 19.9 Å². The number of para-hydroxylation sites is 1. The number of nitrogens with two attached hydrogens (primary N) is 1. The first-order chi connectivity index (χ1) is 16.5. The third kappa shape index (κ3) is 3.67. The van der Waals surface area contributed by atoms with E-state index in [0.717, 1.165) is 53.4 Å². The maximum absolute atomic E-state index is 6.55. The lowest BCUT2D eigenvalue weighted by molar-refractivity contribution is -0.216. The smallest absolute Gasteiger partial charge is 0.222 e. The van der Waals surface area contributed by atoms with Gasteiger partial charge in [-0.25, -0.2) is 14.9 Å². The zero-order valence-corrected chi connectivity index (χ0v) is 19.1. The van der Waals surface area contributed by atoms with Crippen LogP contribution in [0, 0.1) is 0 Å². The monoisotopic (exact) mass is 457 g/mol. The van der Waals surface area contributed by atoms with Gasteiger partial charge in [-0.15, -0.1) is 0 Å². The molecule has 3 aromatic rings. The van der Waals surface area contributed by atoms with Crippen LogP contribution in [0.2, 0.25) is 0 Å². The van der Waals surface area contributed by atoms with E-state index in [1.165, 1.54) is 5.06 Å². The van der Waals surface area contributed by atoms with Crippen molar-refractivity contribution in [1.82, 2.24) is 5.06 Å². The van der Waals surface area contributed by atoms with Crippen molar-refractivity contribution in [3.63, 3.8) is 0 Å². The molecule has 2 N–H and O–H groups in total. The lowest BCUT2D eigenvalue weighted by Crippen LogP contribution is -2.53. The summed E-state index contributed by atoms with van der Waals surface area (Å²) in [6.45, 7) is 1.26. The fourth-order valence-corrected chi connectivity index (χ4v) is 5.05. The third-order valence-corrected chi connectivity index (χ3v) is 6.63. The topological polar surface area (TPSA) is 78.5 Å². The van der Waals surface area contributed by atoms with Crippen molar-refractivity contribution < 1.29 is 19.0 Å². The Labute approximate surface area is 198 Å². The Morgan fingerprint density at radius 3 is 2.56 bits per heavy atom. The predicted octanol–water partition coefficient (Wildman–Crippen LogP) is 4.82. The van der Waals surface area contributed by atoms with Crippen LogP contribution in [0.1, 0.15) is 24.8 Å². The number of ether oxygens (including phenoxy) is 3. The van der Waals surface area contributed by atoms with E-state index < -0.39 is 11.3 Å². The van der Waals surface area contributed by atoms with Crippen molar-refractivity contribution in [2.75, 3.05) is 20.3 Å². The minimum absolute atomic E-state index is 0.350. The van der Waals surface area contributed by atoms with E-state index in [0.29, 0.717) is 19.0 Å². The molecule has 2 unspecified atom stereocenters. The number of benzene rings is 3. The van der Waals surface area contributed by atoms with Crippen molar-refractivity contribution in [3.05, 3.63) is 78.4 Å². The Bertz CT molecular complexity index is 1240. The Kier molecular flexibility index (Phi) is 4.97. The van der Waals surface area contributed by atoms with Gasteiger partial charge in [-0.05, 0) is 60.4 Å². The van der Waals surface area contributed by atoms with Crippen molar-refractivity contribution in [2.45, 2.75) is 30.6 Å². The highest BCUT2D eigenvalue weighted by Crippen LogP contribution is 2.52. The van der Waals surface area contributed by atoms with Crippen LogP contribution in [0.4, 0.5) is 0 Å². The van der Waals surface area contributed by atoms with Crippen LogP contribution in [-0.4, -0.2) is 36.9 Å². The number of hydroxylamine groups is 2. The van der Waals surface area contributed by atoms with Gasteiger partial charge in [0.2, 0.25) is 11.7 Å². The first-order valence-corrected chi connectivity index (χ1v) is 11.6. The maximum atomic E-state index is 6.55. The number of nitrogens with zero attached hydrogens (tertiary/aromatic N) is 2. The van der Waals surface area contributed by atoms with Crippen molar-refractivity contribution in [3.8, 4) is 28.4 Å². The average molecular weight is 458 g/mol. The molecule has 0 aliphatic carbocycles. The molecule has 2 atom stereocenters. The molecule has 3 heterocycles. The fourth-order valence-electron chi connectivity index (χ4n) is 5.05. The molecule has 0 saturated carbocycles. The lowest BCUT2D eigenvalue weighted by Gasteiger charge is -2.46. The van der Waals surface area contributed by atoms with Crippen LogP contribution in [0.25, 0.3) is 11.1 Å². The summed E-state index contributed by atoms with van der Waals surface area (Å²) in [6, 6.07) is 23.9. The molecular formula is C27H27N3O4. The van der Waals surface area contributed by atoms with Crippen LogP contribution in [0.15, 0.2) is 77.8 Å². The van der Waals surface area contributed by atoms with E-state index in [4.69, 9.17) is 29.8 Å². The summed E-state index contributed by atoms with van der Waals surface area (Å²) >= 11 is 0. The molecule has 0 aromatic heterocycles. The number of rotatable bonds is 3. The number of hydrogen-bond acceptors (Lipinski definition) is 7. The van der Waals surface area contributed by atoms with E-state index in [-0.39, 0.29) is 0 Å². The highest BCUT2D eigenvalue weighted by atomic mass is 16.7. The Balaban J connectivity index is 1.39. The standard InChI is InChI=1S/C27H27N3O4/c1-30-25(28)29-27(34-30)17-26(13-6-14-31-18-26)33-24-12-11-20(16-23(24)27)19-7-5-10-22(15-19)32-21-8-3-2-4-9-21/h2-5,7-12,15-16H,6,13-14,17-18H2,1H3,(H2,28,29). The van der Waals surface area contributed by atoms with Gasteiger partial charge in [0.05, 0.1) is 12.2 Å². The second-order valence-corrected chi connectivity index (χ2v) is 9.12. The quantitative estimate of drug-likeness (QED) is 0.607. The van der Waals surface area contributed by atoms with Gasteiger partial charge >= 0.3 is 0 Å². The summed E-state index contributed by atoms with van der Waals surface area (Å²) < 4.78 is 18.4. The second kappa shape index (κ2) is 8.04. The molecule has 3 aliphatic heterocycles. The van der Waals surface area contributed by atoms with Crippen LogP contribution < -0.4 is 15.2 Å².